The van der Waals surface area contributed by atoms with Gasteiger partial charge in [-0.3, -0.25) is 0 Å². The fourth-order valence-electron chi connectivity index (χ4n) is 2.81. The highest BCUT2D eigenvalue weighted by molar-refractivity contribution is 7.98. The molecule has 3 rings (SSSR count). The van der Waals surface area contributed by atoms with E-state index < -0.39 is 0 Å². The van der Waals surface area contributed by atoms with Crippen LogP contribution in [-0.4, -0.2) is 60.1 Å². The van der Waals surface area contributed by atoms with Gasteiger partial charge < -0.3 is 20.4 Å². The molecule has 138 valence electrons. The van der Waals surface area contributed by atoms with E-state index in [0.29, 0.717) is 13.1 Å². The average molecular weight is 372 g/mol. The van der Waals surface area contributed by atoms with Crippen molar-refractivity contribution in [2.75, 3.05) is 54.5 Å². The van der Waals surface area contributed by atoms with Gasteiger partial charge in [0.2, 0.25) is 0 Å². The molecule has 1 fully saturated rings. The smallest absolute Gasteiger partial charge is 0.321 e. The third-order valence-corrected chi connectivity index (χ3v) is 4.95. The van der Waals surface area contributed by atoms with Gasteiger partial charge in [0.05, 0.1) is 0 Å². The van der Waals surface area contributed by atoms with Crippen LogP contribution >= 0.6 is 11.8 Å². The van der Waals surface area contributed by atoms with Gasteiger partial charge in [-0.2, -0.15) is 0 Å². The Morgan fingerprint density at radius 2 is 1.96 bits per heavy atom. The molecule has 1 aliphatic heterocycles. The number of nitrogens with zero attached hydrogens (tertiary/aromatic N) is 4. The SMILES string of the molecule is CCNc1ccc(N2CCN(C(=O)Nc3cccc(SC)c3)CC2)nn1. The quantitative estimate of drug-likeness (QED) is 0.786. The van der Waals surface area contributed by atoms with E-state index in [-0.39, 0.29) is 6.03 Å². The molecule has 7 nitrogen and oxygen atoms in total. The number of anilines is 3. The van der Waals surface area contributed by atoms with Gasteiger partial charge in [-0.1, -0.05) is 6.07 Å². The summed E-state index contributed by atoms with van der Waals surface area (Å²) < 4.78 is 0. The van der Waals surface area contributed by atoms with E-state index in [1.165, 1.54) is 0 Å². The van der Waals surface area contributed by atoms with Crippen LogP contribution in [0.1, 0.15) is 6.92 Å². The summed E-state index contributed by atoms with van der Waals surface area (Å²) in [5, 5.41) is 14.6. The lowest BCUT2D eigenvalue weighted by Crippen LogP contribution is -2.50. The van der Waals surface area contributed by atoms with Gasteiger partial charge in [0.1, 0.15) is 5.82 Å². The van der Waals surface area contributed by atoms with Gasteiger partial charge in [-0.15, -0.1) is 22.0 Å². The second-order valence-electron chi connectivity index (χ2n) is 5.94. The van der Waals surface area contributed by atoms with E-state index >= 15 is 0 Å². The summed E-state index contributed by atoms with van der Waals surface area (Å²) in [6.45, 7) is 5.65. The summed E-state index contributed by atoms with van der Waals surface area (Å²) in [7, 11) is 0. The Bertz CT molecular complexity index is 731. The number of rotatable bonds is 5. The third kappa shape index (κ3) is 4.57. The van der Waals surface area contributed by atoms with Crippen LogP contribution in [0.15, 0.2) is 41.3 Å². The van der Waals surface area contributed by atoms with Crippen LogP contribution in [0.3, 0.4) is 0 Å². The summed E-state index contributed by atoms with van der Waals surface area (Å²) >= 11 is 1.66. The lowest BCUT2D eigenvalue weighted by atomic mass is 10.3. The van der Waals surface area contributed by atoms with E-state index in [1.807, 2.05) is 54.5 Å². The Balaban J connectivity index is 1.53. The van der Waals surface area contributed by atoms with Crippen molar-refractivity contribution in [1.82, 2.24) is 15.1 Å². The van der Waals surface area contributed by atoms with Gasteiger partial charge in [0.25, 0.3) is 0 Å². The summed E-state index contributed by atoms with van der Waals surface area (Å²) in [6.07, 6.45) is 2.02. The molecule has 0 aliphatic carbocycles. The van der Waals surface area contributed by atoms with Crippen molar-refractivity contribution < 1.29 is 4.79 Å². The average Bonchev–Trinajstić information content (AvgIpc) is 2.69. The monoisotopic (exact) mass is 372 g/mol. The first-order chi connectivity index (χ1) is 12.7. The highest BCUT2D eigenvalue weighted by Crippen LogP contribution is 2.20. The van der Waals surface area contributed by atoms with Crippen LogP contribution < -0.4 is 15.5 Å². The summed E-state index contributed by atoms with van der Waals surface area (Å²) in [4.78, 5) is 17.6. The fourth-order valence-corrected chi connectivity index (χ4v) is 3.27. The second kappa shape index (κ2) is 8.75. The van der Waals surface area contributed by atoms with E-state index in [2.05, 4.69) is 25.7 Å². The predicted octanol–water partition coefficient (Wildman–Crippen LogP) is 2.98. The molecule has 0 bridgehead atoms. The summed E-state index contributed by atoms with van der Waals surface area (Å²) in [5.74, 6) is 1.63. The number of piperazine rings is 1. The largest absolute Gasteiger partial charge is 0.369 e. The van der Waals surface area contributed by atoms with Crippen LogP contribution in [0.25, 0.3) is 0 Å². The zero-order valence-electron chi connectivity index (χ0n) is 15.1. The molecule has 1 aliphatic rings. The van der Waals surface area contributed by atoms with Crippen molar-refractivity contribution in [3.63, 3.8) is 0 Å². The molecule has 0 unspecified atom stereocenters. The molecule has 0 atom stereocenters. The first-order valence-electron chi connectivity index (χ1n) is 8.72. The third-order valence-electron chi connectivity index (χ3n) is 4.22. The number of carbonyl (C=O) groups is 1. The molecule has 1 aromatic carbocycles. The van der Waals surface area contributed by atoms with Crippen molar-refractivity contribution in [1.29, 1.82) is 0 Å². The lowest BCUT2D eigenvalue weighted by molar-refractivity contribution is 0.208. The number of urea groups is 1. The molecule has 0 spiro atoms. The molecular weight excluding hydrogens is 348 g/mol. The number of carbonyl (C=O) groups excluding carboxylic acids is 1. The first kappa shape index (κ1) is 18.3. The highest BCUT2D eigenvalue weighted by Gasteiger charge is 2.22. The van der Waals surface area contributed by atoms with Gasteiger partial charge in [0.15, 0.2) is 5.82 Å². The van der Waals surface area contributed by atoms with Crippen molar-refractivity contribution in [2.24, 2.45) is 0 Å². The topological polar surface area (TPSA) is 73.4 Å². The van der Waals surface area contributed by atoms with Crippen molar-refractivity contribution in [3.05, 3.63) is 36.4 Å². The maximum Gasteiger partial charge on any atom is 0.321 e. The standard InChI is InChI=1S/C18H24N6OS/c1-3-19-16-7-8-17(22-21-16)23-9-11-24(12-10-23)18(25)20-14-5-4-6-15(13-14)26-2/h4-8,13H,3,9-12H2,1-2H3,(H,19,21)(H,20,25). The Morgan fingerprint density at radius 3 is 2.62 bits per heavy atom. The van der Waals surface area contributed by atoms with E-state index in [0.717, 1.165) is 41.9 Å². The van der Waals surface area contributed by atoms with Crippen molar-refractivity contribution >= 4 is 35.1 Å². The van der Waals surface area contributed by atoms with Gasteiger partial charge in [-0.25, -0.2) is 4.79 Å². The van der Waals surface area contributed by atoms with Gasteiger partial charge in [0, 0.05) is 43.3 Å². The Kier molecular flexibility index (Phi) is 6.17. The minimum atomic E-state index is -0.0588. The van der Waals surface area contributed by atoms with Crippen LogP contribution in [0.2, 0.25) is 0 Å². The maximum atomic E-state index is 12.5. The summed E-state index contributed by atoms with van der Waals surface area (Å²) in [5.41, 5.74) is 0.828. The number of nitrogens with one attached hydrogen (secondary N) is 2. The van der Waals surface area contributed by atoms with E-state index in [9.17, 15) is 4.79 Å². The minimum Gasteiger partial charge on any atom is -0.369 e. The number of aromatic nitrogens is 2. The molecule has 2 N–H and O–H groups in total. The van der Waals surface area contributed by atoms with Gasteiger partial charge >= 0.3 is 6.03 Å². The molecular formula is C18H24N6OS. The highest BCUT2D eigenvalue weighted by atomic mass is 32.2. The molecule has 0 saturated carbocycles. The minimum absolute atomic E-state index is 0.0588. The molecule has 2 aromatic rings. The zero-order chi connectivity index (χ0) is 18.4. The normalized spacial score (nSPS) is 14.2. The molecule has 0 radical (unpaired) electrons. The lowest BCUT2D eigenvalue weighted by Gasteiger charge is -2.35. The summed E-state index contributed by atoms with van der Waals surface area (Å²) in [6, 6.07) is 11.7. The molecule has 26 heavy (non-hydrogen) atoms. The van der Waals surface area contributed by atoms with Crippen LogP contribution in [0, 0.1) is 0 Å². The molecule has 1 aromatic heterocycles. The second-order valence-corrected chi connectivity index (χ2v) is 6.82. The van der Waals surface area contributed by atoms with Crippen LogP contribution in [-0.2, 0) is 0 Å². The van der Waals surface area contributed by atoms with E-state index in [4.69, 9.17) is 0 Å². The first-order valence-corrected chi connectivity index (χ1v) is 9.94. The molecule has 1 saturated heterocycles. The maximum absolute atomic E-state index is 12.5. The van der Waals surface area contributed by atoms with Crippen LogP contribution in [0.5, 0.6) is 0 Å². The number of benzene rings is 1. The van der Waals surface area contributed by atoms with Crippen molar-refractivity contribution in [3.8, 4) is 0 Å². The molecule has 2 amide bonds. The number of hydrogen-bond donors (Lipinski definition) is 2. The Morgan fingerprint density at radius 1 is 1.15 bits per heavy atom. The molecule has 2 heterocycles. The number of hydrogen-bond acceptors (Lipinski definition) is 6. The van der Waals surface area contributed by atoms with Gasteiger partial charge in [-0.05, 0) is 43.5 Å². The Hall–Kier alpha value is -2.48. The van der Waals surface area contributed by atoms with Crippen molar-refractivity contribution in [2.45, 2.75) is 11.8 Å². The van der Waals surface area contributed by atoms with E-state index in [1.54, 1.807) is 11.8 Å². The fraction of sp³-hybridized carbons (Fsp3) is 0.389. The zero-order valence-corrected chi connectivity index (χ0v) is 15.9. The number of thioether (sulfide) groups is 1. The molecule has 8 heteroatoms. The predicted molar refractivity (Wildman–Crippen MR) is 107 cm³/mol. The van der Waals surface area contributed by atoms with Crippen LogP contribution in [0.4, 0.5) is 22.1 Å². The Labute approximate surface area is 158 Å². The number of amides is 2.